The summed E-state index contributed by atoms with van der Waals surface area (Å²) < 4.78 is 0. The lowest BCUT2D eigenvalue weighted by Crippen LogP contribution is -2.47. The Morgan fingerprint density at radius 2 is 1.87 bits per heavy atom. The van der Waals surface area contributed by atoms with Gasteiger partial charge in [0.1, 0.15) is 0 Å². The fraction of sp³-hybridized carbons (Fsp3) is 1.00. The fourth-order valence-electron chi connectivity index (χ4n) is 5.35. The molecule has 4 fully saturated rings. The van der Waals surface area contributed by atoms with Crippen molar-refractivity contribution in [2.24, 2.45) is 11.3 Å². The van der Waals surface area contributed by atoms with Crippen LogP contribution in [0.5, 0.6) is 0 Å². The first-order valence-corrected chi connectivity index (χ1v) is 6.86. The standard InChI is InChI=1S/C13H22N2/c1-2-7-15(8-3-1)13-10-14-9-12(13)6-4-5-11(12)13/h11,14H,1-10H2/t11-,12+,13-/m1/s1. The van der Waals surface area contributed by atoms with Crippen molar-refractivity contribution in [3.63, 3.8) is 0 Å². The van der Waals surface area contributed by atoms with Crippen LogP contribution in [0.15, 0.2) is 0 Å². The van der Waals surface area contributed by atoms with Crippen LogP contribution in [0, 0.1) is 11.3 Å². The zero-order valence-electron chi connectivity index (χ0n) is 9.60. The van der Waals surface area contributed by atoms with E-state index in [1.165, 1.54) is 64.7 Å². The molecule has 3 atom stereocenters. The zero-order chi connectivity index (χ0) is 9.93. The fourth-order valence-corrected chi connectivity index (χ4v) is 5.35. The van der Waals surface area contributed by atoms with E-state index in [2.05, 4.69) is 10.2 Å². The molecule has 4 aliphatic rings. The van der Waals surface area contributed by atoms with E-state index in [0.29, 0.717) is 5.54 Å². The van der Waals surface area contributed by atoms with Crippen molar-refractivity contribution in [3.8, 4) is 0 Å². The van der Waals surface area contributed by atoms with Gasteiger partial charge in [0.25, 0.3) is 0 Å². The number of piperidine rings is 2. The Kier molecular flexibility index (Phi) is 1.67. The van der Waals surface area contributed by atoms with E-state index < -0.39 is 0 Å². The summed E-state index contributed by atoms with van der Waals surface area (Å²) >= 11 is 0. The molecule has 0 aromatic rings. The second-order valence-electron chi connectivity index (χ2n) is 6.18. The van der Waals surface area contributed by atoms with Gasteiger partial charge in [-0.25, -0.2) is 0 Å². The Hall–Kier alpha value is -0.0800. The van der Waals surface area contributed by atoms with E-state index in [9.17, 15) is 0 Å². The van der Waals surface area contributed by atoms with E-state index in [1.54, 1.807) is 0 Å². The number of nitrogens with zero attached hydrogens (tertiary/aromatic N) is 1. The number of nitrogens with one attached hydrogen (secondary N) is 1. The second-order valence-corrected chi connectivity index (χ2v) is 6.18. The summed E-state index contributed by atoms with van der Waals surface area (Å²) in [4.78, 5) is 2.88. The molecule has 15 heavy (non-hydrogen) atoms. The zero-order valence-corrected chi connectivity index (χ0v) is 9.60. The molecule has 0 bridgehead atoms. The minimum Gasteiger partial charge on any atom is -0.314 e. The summed E-state index contributed by atoms with van der Waals surface area (Å²) in [5.41, 5.74) is 1.38. The summed E-state index contributed by atoms with van der Waals surface area (Å²) in [6, 6.07) is 0. The Balaban J connectivity index is 1.65. The van der Waals surface area contributed by atoms with Gasteiger partial charge in [-0.15, -0.1) is 0 Å². The van der Waals surface area contributed by atoms with Crippen molar-refractivity contribution in [1.82, 2.24) is 10.2 Å². The van der Waals surface area contributed by atoms with Crippen LogP contribution in [0.3, 0.4) is 0 Å². The summed E-state index contributed by atoms with van der Waals surface area (Å²) in [7, 11) is 0. The minimum absolute atomic E-state index is 0.645. The highest BCUT2D eigenvalue weighted by atomic mass is 15.3. The van der Waals surface area contributed by atoms with Crippen LogP contribution in [-0.4, -0.2) is 36.6 Å². The monoisotopic (exact) mass is 206 g/mol. The molecule has 2 heterocycles. The predicted molar refractivity (Wildman–Crippen MR) is 60.8 cm³/mol. The molecule has 2 aliphatic carbocycles. The van der Waals surface area contributed by atoms with Crippen LogP contribution in [-0.2, 0) is 0 Å². The summed E-state index contributed by atoms with van der Waals surface area (Å²) in [5, 5.41) is 3.68. The molecular formula is C13H22N2. The summed E-state index contributed by atoms with van der Waals surface area (Å²) in [6.07, 6.45) is 8.91. The van der Waals surface area contributed by atoms with Crippen LogP contribution in [0.4, 0.5) is 0 Å². The molecule has 2 saturated heterocycles. The van der Waals surface area contributed by atoms with Crippen LogP contribution in [0.1, 0.15) is 38.5 Å². The van der Waals surface area contributed by atoms with E-state index in [1.807, 2.05) is 0 Å². The average molecular weight is 206 g/mol. The summed E-state index contributed by atoms with van der Waals surface area (Å²) in [5.74, 6) is 1.07. The molecule has 0 aromatic heterocycles. The van der Waals surface area contributed by atoms with Crippen molar-refractivity contribution in [1.29, 1.82) is 0 Å². The minimum atomic E-state index is 0.645. The van der Waals surface area contributed by atoms with Crippen LogP contribution < -0.4 is 5.32 Å². The molecular weight excluding hydrogens is 184 g/mol. The molecule has 0 radical (unpaired) electrons. The summed E-state index contributed by atoms with van der Waals surface area (Å²) in [6.45, 7) is 5.41. The predicted octanol–water partition coefficient (Wildman–Crippen LogP) is 1.61. The smallest absolute Gasteiger partial charge is 0.0440 e. The van der Waals surface area contributed by atoms with Gasteiger partial charge in [0, 0.05) is 24.0 Å². The number of rotatable bonds is 1. The molecule has 1 N–H and O–H groups in total. The molecule has 0 aromatic carbocycles. The highest BCUT2D eigenvalue weighted by Gasteiger charge is 2.81. The van der Waals surface area contributed by atoms with Gasteiger partial charge < -0.3 is 5.32 Å². The van der Waals surface area contributed by atoms with E-state index in [4.69, 9.17) is 0 Å². The van der Waals surface area contributed by atoms with Gasteiger partial charge in [0.2, 0.25) is 0 Å². The highest BCUT2D eigenvalue weighted by molar-refractivity contribution is 5.35. The first-order chi connectivity index (χ1) is 7.40. The van der Waals surface area contributed by atoms with Crippen molar-refractivity contribution in [3.05, 3.63) is 0 Å². The largest absolute Gasteiger partial charge is 0.314 e. The molecule has 84 valence electrons. The lowest BCUT2D eigenvalue weighted by molar-refractivity contribution is 0.116. The maximum absolute atomic E-state index is 3.68. The first-order valence-electron chi connectivity index (χ1n) is 6.86. The van der Waals surface area contributed by atoms with Gasteiger partial charge >= 0.3 is 0 Å². The van der Waals surface area contributed by atoms with Gasteiger partial charge in [0.15, 0.2) is 0 Å². The molecule has 0 unspecified atom stereocenters. The van der Waals surface area contributed by atoms with Crippen molar-refractivity contribution >= 4 is 0 Å². The van der Waals surface area contributed by atoms with E-state index >= 15 is 0 Å². The number of hydrogen-bond donors (Lipinski definition) is 1. The number of likely N-dealkylation sites (tertiary alicyclic amines) is 1. The third-order valence-corrected chi connectivity index (χ3v) is 5.89. The third-order valence-electron chi connectivity index (χ3n) is 5.89. The van der Waals surface area contributed by atoms with Crippen molar-refractivity contribution in [2.75, 3.05) is 26.2 Å². The topological polar surface area (TPSA) is 15.3 Å². The van der Waals surface area contributed by atoms with Crippen LogP contribution in [0.2, 0.25) is 0 Å². The SMILES string of the molecule is C1CCN([C@@]23CNC[C@]24CCC[C@H]43)CC1. The lowest BCUT2D eigenvalue weighted by Gasteiger charge is -2.37. The van der Waals surface area contributed by atoms with Gasteiger partial charge in [-0.2, -0.15) is 0 Å². The van der Waals surface area contributed by atoms with E-state index in [0.717, 1.165) is 11.3 Å². The van der Waals surface area contributed by atoms with Crippen molar-refractivity contribution in [2.45, 2.75) is 44.1 Å². The van der Waals surface area contributed by atoms with Crippen LogP contribution >= 0.6 is 0 Å². The normalized spacial score (nSPS) is 54.0. The Labute approximate surface area is 92.4 Å². The molecule has 2 nitrogen and oxygen atoms in total. The highest BCUT2D eigenvalue weighted by Crippen LogP contribution is 2.75. The molecule has 1 spiro atoms. The maximum Gasteiger partial charge on any atom is 0.0440 e. The Morgan fingerprint density at radius 1 is 1.00 bits per heavy atom. The van der Waals surface area contributed by atoms with Gasteiger partial charge in [0.05, 0.1) is 0 Å². The van der Waals surface area contributed by atoms with Crippen molar-refractivity contribution < 1.29 is 0 Å². The number of fused-ring (bicyclic) bond motifs is 1. The molecule has 2 aliphatic heterocycles. The second kappa shape index (κ2) is 2.78. The molecule has 2 heteroatoms. The Bertz CT molecular complexity index is 280. The van der Waals surface area contributed by atoms with Gasteiger partial charge in [-0.3, -0.25) is 4.90 Å². The molecule has 4 rings (SSSR count). The van der Waals surface area contributed by atoms with Gasteiger partial charge in [-0.05, 0) is 44.7 Å². The first kappa shape index (κ1) is 9.00. The van der Waals surface area contributed by atoms with E-state index in [-0.39, 0.29) is 0 Å². The van der Waals surface area contributed by atoms with Gasteiger partial charge in [-0.1, -0.05) is 12.8 Å². The average Bonchev–Trinajstić information content (AvgIpc) is 2.70. The number of hydrogen-bond acceptors (Lipinski definition) is 2. The third kappa shape index (κ3) is 0.861. The lowest BCUT2D eigenvalue weighted by atomic mass is 9.95. The van der Waals surface area contributed by atoms with Crippen LogP contribution in [0.25, 0.3) is 0 Å². The molecule has 2 saturated carbocycles. The maximum atomic E-state index is 3.68. The molecule has 0 amide bonds. The quantitative estimate of drug-likeness (QED) is 0.701. The Morgan fingerprint density at radius 3 is 2.67 bits per heavy atom.